The summed E-state index contributed by atoms with van der Waals surface area (Å²) >= 11 is 2.40. The van der Waals surface area contributed by atoms with Crippen molar-refractivity contribution in [3.63, 3.8) is 0 Å². The van der Waals surface area contributed by atoms with E-state index in [1.54, 1.807) is 0 Å². The highest BCUT2D eigenvalue weighted by Crippen LogP contribution is 2.41. The van der Waals surface area contributed by atoms with Crippen LogP contribution < -0.4 is 0 Å². The number of halogens is 1. The van der Waals surface area contributed by atoms with Crippen LogP contribution in [0.2, 0.25) is 0 Å². The molecule has 1 aliphatic rings. The van der Waals surface area contributed by atoms with E-state index in [0.717, 1.165) is 24.8 Å². The second kappa shape index (κ2) is 7.66. The zero-order chi connectivity index (χ0) is 13.6. The molecule has 0 saturated heterocycles. The minimum atomic E-state index is 0.198. The highest BCUT2D eigenvalue weighted by Gasteiger charge is 2.34. The summed E-state index contributed by atoms with van der Waals surface area (Å²) in [4.78, 5) is 11.9. The summed E-state index contributed by atoms with van der Waals surface area (Å²) in [6.45, 7) is 6.65. The normalized spacial score (nSPS) is 21.4. The zero-order valence-electron chi connectivity index (χ0n) is 12.2. The molecule has 0 heterocycles. The van der Waals surface area contributed by atoms with Gasteiger partial charge in [-0.1, -0.05) is 52.9 Å². The third-order valence-electron chi connectivity index (χ3n) is 3.71. The van der Waals surface area contributed by atoms with Crippen LogP contribution in [0.5, 0.6) is 0 Å². The molecule has 0 aliphatic heterocycles. The molecule has 0 bridgehead atoms. The lowest BCUT2D eigenvalue weighted by Gasteiger charge is -2.13. The molecule has 0 spiro atoms. The number of Topliss-reactive ketones (excluding diaryl/α,β-unsaturated/α-hetero) is 1. The van der Waals surface area contributed by atoms with Crippen molar-refractivity contribution in [1.29, 1.82) is 0 Å². The fourth-order valence-corrected chi connectivity index (χ4v) is 3.51. The Labute approximate surface area is 126 Å². The van der Waals surface area contributed by atoms with Crippen molar-refractivity contribution in [2.75, 3.05) is 0 Å². The molecular weight excluding hydrogens is 335 g/mol. The van der Waals surface area contributed by atoms with E-state index in [1.807, 2.05) is 0 Å². The molecule has 0 aromatic heterocycles. The van der Waals surface area contributed by atoms with Crippen molar-refractivity contribution < 1.29 is 4.79 Å². The maximum atomic E-state index is 11.9. The number of allylic oxidation sites excluding steroid dienone is 2. The van der Waals surface area contributed by atoms with Crippen LogP contribution in [-0.2, 0) is 4.79 Å². The van der Waals surface area contributed by atoms with Gasteiger partial charge in [-0.25, -0.2) is 0 Å². The molecule has 0 aromatic rings. The van der Waals surface area contributed by atoms with E-state index in [1.165, 1.54) is 42.1 Å². The maximum absolute atomic E-state index is 11.9. The molecule has 0 N–H and O–H groups in total. The molecule has 18 heavy (non-hydrogen) atoms. The molecule has 1 saturated carbocycles. The van der Waals surface area contributed by atoms with Crippen LogP contribution in [0, 0.1) is 5.41 Å². The topological polar surface area (TPSA) is 17.1 Å². The summed E-state index contributed by atoms with van der Waals surface area (Å²) in [5.41, 5.74) is 1.33. The first-order valence-electron chi connectivity index (χ1n) is 7.37. The van der Waals surface area contributed by atoms with Crippen LogP contribution in [0.25, 0.3) is 0 Å². The minimum Gasteiger partial charge on any atom is -0.295 e. The number of carbonyl (C=O) groups excluding carboxylic acids is 1. The molecule has 1 nitrogen and oxygen atoms in total. The van der Waals surface area contributed by atoms with Gasteiger partial charge in [0.1, 0.15) is 0 Å². The third kappa shape index (κ3) is 5.41. The first-order valence-corrected chi connectivity index (χ1v) is 8.45. The molecule has 0 amide bonds. The molecule has 1 aliphatic carbocycles. The van der Waals surface area contributed by atoms with Crippen molar-refractivity contribution in [3.05, 3.63) is 9.15 Å². The Bertz CT molecular complexity index is 315. The lowest BCUT2D eigenvalue weighted by atomic mass is 9.91. The van der Waals surface area contributed by atoms with Gasteiger partial charge in [0.15, 0.2) is 5.78 Å². The van der Waals surface area contributed by atoms with Gasteiger partial charge < -0.3 is 0 Å². The van der Waals surface area contributed by atoms with Gasteiger partial charge in [0.2, 0.25) is 0 Å². The number of hydrogen-bond acceptors (Lipinski definition) is 1. The fraction of sp³-hybridized carbons (Fsp3) is 0.812. The van der Waals surface area contributed by atoms with Gasteiger partial charge in [-0.2, -0.15) is 0 Å². The van der Waals surface area contributed by atoms with Crippen LogP contribution in [0.4, 0.5) is 0 Å². The summed E-state index contributed by atoms with van der Waals surface area (Å²) in [5, 5.41) is 0. The largest absolute Gasteiger partial charge is 0.295 e. The second-order valence-electron chi connectivity index (χ2n) is 6.34. The fourth-order valence-electron chi connectivity index (χ4n) is 2.64. The van der Waals surface area contributed by atoms with Gasteiger partial charge in [0, 0.05) is 12.0 Å². The Hall–Kier alpha value is 0.140. The Morgan fingerprint density at radius 1 is 1.11 bits per heavy atom. The summed E-state index contributed by atoms with van der Waals surface area (Å²) in [6.07, 6.45) is 10.8. The molecular formula is C16H27IO. The average Bonchev–Trinajstić information content (AvgIpc) is 2.57. The molecule has 0 atom stereocenters. The van der Waals surface area contributed by atoms with E-state index in [0.29, 0.717) is 5.78 Å². The van der Waals surface area contributed by atoms with Crippen LogP contribution in [0.15, 0.2) is 9.15 Å². The minimum absolute atomic E-state index is 0.198. The lowest BCUT2D eigenvalue weighted by Crippen LogP contribution is -2.04. The lowest BCUT2D eigenvalue weighted by molar-refractivity contribution is -0.115. The Morgan fingerprint density at radius 3 is 2.28 bits per heavy atom. The SMILES string of the molecule is CCCCCCCC/C(I)=C1/CC(C)(C)CC1=O. The highest BCUT2D eigenvalue weighted by atomic mass is 127. The van der Waals surface area contributed by atoms with Gasteiger partial charge >= 0.3 is 0 Å². The van der Waals surface area contributed by atoms with Crippen molar-refractivity contribution in [3.8, 4) is 0 Å². The number of unbranched alkanes of at least 4 members (excludes halogenated alkanes) is 5. The number of carbonyl (C=O) groups is 1. The van der Waals surface area contributed by atoms with E-state index < -0.39 is 0 Å². The molecule has 0 aromatic carbocycles. The molecule has 2 heteroatoms. The van der Waals surface area contributed by atoms with Gasteiger partial charge in [0.05, 0.1) is 0 Å². The predicted molar refractivity (Wildman–Crippen MR) is 87.1 cm³/mol. The first kappa shape index (κ1) is 16.2. The summed E-state index contributed by atoms with van der Waals surface area (Å²) in [7, 11) is 0. The zero-order valence-corrected chi connectivity index (χ0v) is 14.3. The van der Waals surface area contributed by atoms with E-state index in [4.69, 9.17) is 0 Å². The quantitative estimate of drug-likeness (QED) is 0.317. The van der Waals surface area contributed by atoms with E-state index in [9.17, 15) is 4.79 Å². The van der Waals surface area contributed by atoms with E-state index in [2.05, 4.69) is 43.4 Å². The standard InChI is InChI=1S/C16H27IO/c1-4-5-6-7-8-9-10-14(17)13-11-16(2,3)12-15(13)18/h4-12H2,1-3H3/b14-13+. The Balaban J connectivity index is 2.31. The Kier molecular flexibility index (Phi) is 6.89. The smallest absolute Gasteiger partial charge is 0.160 e. The van der Waals surface area contributed by atoms with Crippen LogP contribution in [0.3, 0.4) is 0 Å². The number of hydrogen-bond donors (Lipinski definition) is 0. The van der Waals surface area contributed by atoms with Gasteiger partial charge in [-0.05, 0) is 50.8 Å². The van der Waals surface area contributed by atoms with Crippen molar-refractivity contribution in [2.45, 2.75) is 78.6 Å². The number of ketones is 1. The molecule has 104 valence electrons. The van der Waals surface area contributed by atoms with Crippen molar-refractivity contribution in [2.24, 2.45) is 5.41 Å². The second-order valence-corrected chi connectivity index (χ2v) is 7.64. The highest BCUT2D eigenvalue weighted by molar-refractivity contribution is 14.1. The average molecular weight is 362 g/mol. The van der Waals surface area contributed by atoms with Crippen LogP contribution in [0.1, 0.15) is 78.6 Å². The predicted octanol–water partition coefficient (Wildman–Crippen LogP) is 5.82. The van der Waals surface area contributed by atoms with Crippen LogP contribution >= 0.6 is 22.6 Å². The molecule has 1 fully saturated rings. The maximum Gasteiger partial charge on any atom is 0.160 e. The monoisotopic (exact) mass is 362 g/mol. The van der Waals surface area contributed by atoms with Crippen LogP contribution in [-0.4, -0.2) is 5.78 Å². The van der Waals surface area contributed by atoms with Gasteiger partial charge in [-0.3, -0.25) is 4.79 Å². The molecule has 1 rings (SSSR count). The summed E-state index contributed by atoms with van der Waals surface area (Å²) in [6, 6.07) is 0. The third-order valence-corrected chi connectivity index (χ3v) is 4.90. The van der Waals surface area contributed by atoms with E-state index >= 15 is 0 Å². The summed E-state index contributed by atoms with van der Waals surface area (Å²) in [5.74, 6) is 0.399. The van der Waals surface area contributed by atoms with E-state index in [-0.39, 0.29) is 5.41 Å². The number of rotatable bonds is 7. The Morgan fingerprint density at radius 2 is 1.72 bits per heavy atom. The molecule has 0 unspecified atom stereocenters. The first-order chi connectivity index (χ1) is 8.46. The van der Waals surface area contributed by atoms with Gasteiger partial charge in [-0.15, -0.1) is 0 Å². The van der Waals surface area contributed by atoms with Gasteiger partial charge in [0.25, 0.3) is 0 Å². The van der Waals surface area contributed by atoms with Crippen molar-refractivity contribution in [1.82, 2.24) is 0 Å². The molecule has 0 radical (unpaired) electrons. The van der Waals surface area contributed by atoms with Crippen molar-refractivity contribution >= 4 is 28.4 Å². The summed E-state index contributed by atoms with van der Waals surface area (Å²) < 4.78 is 1.33.